The Kier molecular flexibility index (Phi) is 3.03. The minimum Gasteiger partial charge on any atom is -0.481 e. The van der Waals surface area contributed by atoms with Crippen molar-refractivity contribution in [2.75, 3.05) is 18.0 Å². The maximum atomic E-state index is 10.8. The van der Waals surface area contributed by atoms with Gasteiger partial charge in [0.2, 0.25) is 0 Å². The number of aliphatic carboxylic acids is 1. The third-order valence-electron chi connectivity index (χ3n) is 3.60. The fraction of sp³-hybridized carbons (Fsp3) is 0.357. The van der Waals surface area contributed by atoms with E-state index in [9.17, 15) is 4.79 Å². The van der Waals surface area contributed by atoms with E-state index in [4.69, 9.17) is 5.11 Å². The fourth-order valence-corrected chi connectivity index (χ4v) is 2.69. The van der Waals surface area contributed by atoms with E-state index in [1.165, 1.54) is 0 Å². The number of fused-ring (bicyclic) bond motifs is 1. The van der Waals surface area contributed by atoms with Gasteiger partial charge in [0, 0.05) is 30.3 Å². The zero-order valence-electron chi connectivity index (χ0n) is 10.5. The first-order valence-electron chi connectivity index (χ1n) is 6.41. The van der Waals surface area contributed by atoms with Crippen molar-refractivity contribution in [2.24, 2.45) is 5.92 Å². The van der Waals surface area contributed by atoms with E-state index in [0.29, 0.717) is 0 Å². The van der Waals surface area contributed by atoms with E-state index >= 15 is 0 Å². The number of benzene rings is 1. The van der Waals surface area contributed by atoms with Gasteiger partial charge in [-0.15, -0.1) is 5.10 Å². The van der Waals surface area contributed by atoms with Gasteiger partial charge in [-0.2, -0.15) is 5.10 Å². The fourth-order valence-electron chi connectivity index (χ4n) is 2.69. The topological polar surface area (TPSA) is 66.3 Å². The van der Waals surface area contributed by atoms with E-state index in [-0.39, 0.29) is 12.3 Å². The molecule has 1 aromatic carbocycles. The van der Waals surface area contributed by atoms with Gasteiger partial charge in [-0.3, -0.25) is 4.79 Å². The van der Waals surface area contributed by atoms with Crippen molar-refractivity contribution in [3.63, 3.8) is 0 Å². The summed E-state index contributed by atoms with van der Waals surface area (Å²) in [6.45, 7) is 1.59. The Balaban J connectivity index is 1.87. The van der Waals surface area contributed by atoms with E-state index in [2.05, 4.69) is 15.1 Å². The number of aromatic nitrogens is 2. The molecular weight excluding hydrogens is 242 g/mol. The maximum absolute atomic E-state index is 10.8. The first-order valence-corrected chi connectivity index (χ1v) is 6.41. The van der Waals surface area contributed by atoms with Crippen LogP contribution in [0.2, 0.25) is 0 Å². The van der Waals surface area contributed by atoms with Crippen LogP contribution in [0.5, 0.6) is 0 Å². The molecule has 1 aromatic heterocycles. The zero-order chi connectivity index (χ0) is 13.2. The Hall–Kier alpha value is -2.17. The lowest BCUT2D eigenvalue weighted by atomic mass is 10.1. The molecule has 1 fully saturated rings. The summed E-state index contributed by atoms with van der Waals surface area (Å²) >= 11 is 0. The van der Waals surface area contributed by atoms with Gasteiger partial charge >= 0.3 is 5.97 Å². The summed E-state index contributed by atoms with van der Waals surface area (Å²) in [5.41, 5.74) is 0. The second-order valence-electron chi connectivity index (χ2n) is 4.95. The number of carboxylic acid groups (broad SMARTS) is 1. The molecule has 3 rings (SSSR count). The summed E-state index contributed by atoms with van der Waals surface area (Å²) in [5.74, 6) is 0.347. The van der Waals surface area contributed by atoms with Gasteiger partial charge < -0.3 is 10.0 Å². The lowest BCUT2D eigenvalue weighted by Crippen LogP contribution is -2.22. The molecule has 0 radical (unpaired) electrons. The third kappa shape index (κ3) is 2.36. The van der Waals surface area contributed by atoms with Crippen LogP contribution in [0, 0.1) is 5.92 Å². The molecule has 1 aliphatic rings. The minimum atomic E-state index is -0.726. The number of hydrogen-bond acceptors (Lipinski definition) is 4. The third-order valence-corrected chi connectivity index (χ3v) is 3.60. The Morgan fingerprint density at radius 1 is 1.42 bits per heavy atom. The molecule has 0 amide bonds. The van der Waals surface area contributed by atoms with Crippen LogP contribution in [0.25, 0.3) is 10.8 Å². The number of nitrogens with zero attached hydrogens (tertiary/aromatic N) is 3. The highest BCUT2D eigenvalue weighted by Crippen LogP contribution is 2.29. The molecule has 5 heteroatoms. The number of rotatable bonds is 3. The quantitative estimate of drug-likeness (QED) is 0.910. The van der Waals surface area contributed by atoms with Crippen molar-refractivity contribution in [3.05, 3.63) is 30.5 Å². The summed E-state index contributed by atoms with van der Waals surface area (Å²) < 4.78 is 0. The van der Waals surface area contributed by atoms with Crippen LogP contribution in [0.4, 0.5) is 5.82 Å². The second kappa shape index (κ2) is 4.84. The summed E-state index contributed by atoms with van der Waals surface area (Å²) in [6, 6.07) is 8.01. The van der Waals surface area contributed by atoms with E-state index in [1.54, 1.807) is 6.20 Å². The molecular formula is C14H15N3O2. The Bertz CT molecular complexity index is 609. The molecule has 1 aliphatic heterocycles. The Labute approximate surface area is 110 Å². The predicted molar refractivity (Wildman–Crippen MR) is 72.1 cm³/mol. The SMILES string of the molecule is O=C(O)CC1CCN(c2nncc3ccccc23)C1. The van der Waals surface area contributed by atoms with Gasteiger partial charge in [0.05, 0.1) is 6.20 Å². The minimum absolute atomic E-state index is 0.207. The van der Waals surface area contributed by atoms with Crippen LogP contribution in [0.15, 0.2) is 30.5 Å². The number of carbonyl (C=O) groups is 1. The van der Waals surface area contributed by atoms with Gasteiger partial charge in [0.25, 0.3) is 0 Å². The molecule has 0 spiro atoms. The van der Waals surface area contributed by atoms with Crippen molar-refractivity contribution >= 4 is 22.6 Å². The molecule has 1 N–H and O–H groups in total. The predicted octanol–water partition coefficient (Wildman–Crippen LogP) is 1.93. The van der Waals surface area contributed by atoms with Crippen LogP contribution >= 0.6 is 0 Å². The van der Waals surface area contributed by atoms with E-state index in [1.807, 2.05) is 24.3 Å². The maximum Gasteiger partial charge on any atom is 0.303 e. The zero-order valence-corrected chi connectivity index (χ0v) is 10.5. The highest BCUT2D eigenvalue weighted by molar-refractivity contribution is 5.91. The van der Waals surface area contributed by atoms with Crippen LogP contribution in [-0.2, 0) is 4.79 Å². The van der Waals surface area contributed by atoms with Gasteiger partial charge in [-0.25, -0.2) is 0 Å². The van der Waals surface area contributed by atoms with Crippen molar-refractivity contribution in [1.29, 1.82) is 0 Å². The van der Waals surface area contributed by atoms with Crippen molar-refractivity contribution in [3.8, 4) is 0 Å². The van der Waals surface area contributed by atoms with Gasteiger partial charge in [0.15, 0.2) is 5.82 Å². The van der Waals surface area contributed by atoms with E-state index in [0.717, 1.165) is 36.1 Å². The average molecular weight is 257 g/mol. The summed E-state index contributed by atoms with van der Waals surface area (Å²) in [5, 5.41) is 19.3. The molecule has 1 atom stereocenters. The van der Waals surface area contributed by atoms with Crippen molar-refractivity contribution in [1.82, 2.24) is 10.2 Å². The molecule has 1 saturated heterocycles. The van der Waals surface area contributed by atoms with Crippen molar-refractivity contribution in [2.45, 2.75) is 12.8 Å². The molecule has 1 unspecified atom stereocenters. The molecule has 5 nitrogen and oxygen atoms in total. The molecule has 98 valence electrons. The molecule has 0 bridgehead atoms. The normalized spacial score (nSPS) is 18.9. The second-order valence-corrected chi connectivity index (χ2v) is 4.95. The monoisotopic (exact) mass is 257 g/mol. The van der Waals surface area contributed by atoms with Gasteiger partial charge in [0.1, 0.15) is 0 Å². The van der Waals surface area contributed by atoms with E-state index < -0.39 is 5.97 Å². The number of carboxylic acids is 1. The summed E-state index contributed by atoms with van der Waals surface area (Å²) in [7, 11) is 0. The van der Waals surface area contributed by atoms with Crippen LogP contribution in [-0.4, -0.2) is 34.4 Å². The molecule has 0 saturated carbocycles. The van der Waals surface area contributed by atoms with Crippen LogP contribution in [0.1, 0.15) is 12.8 Å². The number of hydrogen-bond donors (Lipinski definition) is 1. The number of anilines is 1. The largest absolute Gasteiger partial charge is 0.481 e. The highest BCUT2D eigenvalue weighted by Gasteiger charge is 2.26. The van der Waals surface area contributed by atoms with Gasteiger partial charge in [-0.1, -0.05) is 24.3 Å². The van der Waals surface area contributed by atoms with Gasteiger partial charge in [-0.05, 0) is 12.3 Å². The molecule has 2 heterocycles. The highest BCUT2D eigenvalue weighted by atomic mass is 16.4. The molecule has 2 aromatic rings. The smallest absolute Gasteiger partial charge is 0.303 e. The Morgan fingerprint density at radius 3 is 3.11 bits per heavy atom. The summed E-state index contributed by atoms with van der Waals surface area (Å²) in [6.07, 6.45) is 2.88. The Morgan fingerprint density at radius 2 is 2.26 bits per heavy atom. The molecule has 19 heavy (non-hydrogen) atoms. The summed E-state index contributed by atoms with van der Waals surface area (Å²) in [4.78, 5) is 12.9. The van der Waals surface area contributed by atoms with Crippen molar-refractivity contribution < 1.29 is 9.90 Å². The average Bonchev–Trinajstić information content (AvgIpc) is 2.85. The van der Waals surface area contributed by atoms with Crippen LogP contribution in [0.3, 0.4) is 0 Å². The standard InChI is InChI=1S/C14H15N3O2/c18-13(19)7-10-5-6-17(9-10)14-12-4-2-1-3-11(12)8-15-16-14/h1-4,8,10H,5-7,9H2,(H,18,19). The first-order chi connectivity index (χ1) is 9.24. The lowest BCUT2D eigenvalue weighted by molar-refractivity contribution is -0.137. The molecule has 0 aliphatic carbocycles. The lowest BCUT2D eigenvalue weighted by Gasteiger charge is -2.18. The first kappa shape index (κ1) is 11.9. The van der Waals surface area contributed by atoms with Crippen LogP contribution < -0.4 is 4.90 Å².